The highest BCUT2D eigenvalue weighted by atomic mass is 16.5. The number of hydrogen-bond donors (Lipinski definition) is 1. The maximum absolute atomic E-state index is 5.87. The summed E-state index contributed by atoms with van der Waals surface area (Å²) in [5, 5.41) is 0. The second-order valence-electron chi connectivity index (χ2n) is 4.95. The first-order chi connectivity index (χ1) is 7.81. The summed E-state index contributed by atoms with van der Waals surface area (Å²) in [4.78, 5) is 2.47. The van der Waals surface area contributed by atoms with Crippen LogP contribution in [0.3, 0.4) is 0 Å². The summed E-state index contributed by atoms with van der Waals surface area (Å²) < 4.78 is 11.3. The van der Waals surface area contributed by atoms with Gasteiger partial charge in [0.1, 0.15) is 0 Å². The summed E-state index contributed by atoms with van der Waals surface area (Å²) >= 11 is 0. The fraction of sp³-hybridized carbons (Fsp3) is 1.00. The molecule has 0 bridgehead atoms. The van der Waals surface area contributed by atoms with Crippen molar-refractivity contribution in [3.05, 3.63) is 0 Å². The number of hydrogen-bond acceptors (Lipinski definition) is 4. The van der Waals surface area contributed by atoms with Crippen molar-refractivity contribution in [2.24, 2.45) is 5.73 Å². The SMILES string of the molecule is COC1CCCN(CC2CCC(CN)O2)C1. The van der Waals surface area contributed by atoms with Crippen molar-refractivity contribution in [3.63, 3.8) is 0 Å². The third-order valence-electron chi connectivity index (χ3n) is 3.72. The van der Waals surface area contributed by atoms with Crippen LogP contribution in [-0.2, 0) is 9.47 Å². The number of nitrogens with zero attached hydrogens (tertiary/aromatic N) is 1. The molecule has 2 N–H and O–H groups in total. The number of methoxy groups -OCH3 is 1. The predicted molar refractivity (Wildman–Crippen MR) is 63.4 cm³/mol. The van der Waals surface area contributed by atoms with Crippen molar-refractivity contribution in [2.75, 3.05) is 33.3 Å². The highest BCUT2D eigenvalue weighted by molar-refractivity contribution is 4.80. The van der Waals surface area contributed by atoms with E-state index in [1.807, 2.05) is 7.11 Å². The Kier molecular flexibility index (Phi) is 4.58. The molecule has 2 saturated heterocycles. The van der Waals surface area contributed by atoms with Crippen molar-refractivity contribution in [1.29, 1.82) is 0 Å². The second-order valence-corrected chi connectivity index (χ2v) is 4.95. The van der Waals surface area contributed by atoms with Crippen molar-refractivity contribution in [2.45, 2.75) is 44.0 Å². The van der Waals surface area contributed by atoms with Gasteiger partial charge in [-0.2, -0.15) is 0 Å². The summed E-state index contributed by atoms with van der Waals surface area (Å²) in [7, 11) is 1.81. The van der Waals surface area contributed by atoms with Crippen LogP contribution in [0.5, 0.6) is 0 Å². The Morgan fingerprint density at radius 1 is 1.31 bits per heavy atom. The lowest BCUT2D eigenvalue weighted by Gasteiger charge is -2.33. The average Bonchev–Trinajstić information content (AvgIpc) is 2.77. The van der Waals surface area contributed by atoms with Gasteiger partial charge in [-0.1, -0.05) is 0 Å². The molecule has 0 aliphatic carbocycles. The van der Waals surface area contributed by atoms with E-state index in [0.717, 1.165) is 25.9 Å². The Labute approximate surface area is 98.1 Å². The van der Waals surface area contributed by atoms with Crippen LogP contribution in [0.4, 0.5) is 0 Å². The zero-order valence-electron chi connectivity index (χ0n) is 10.2. The summed E-state index contributed by atoms with van der Waals surface area (Å²) in [6.07, 6.45) is 5.84. The monoisotopic (exact) mass is 228 g/mol. The van der Waals surface area contributed by atoms with Gasteiger partial charge in [0.15, 0.2) is 0 Å². The van der Waals surface area contributed by atoms with E-state index in [-0.39, 0.29) is 0 Å². The van der Waals surface area contributed by atoms with Gasteiger partial charge in [-0.3, -0.25) is 4.90 Å². The van der Waals surface area contributed by atoms with E-state index in [1.165, 1.54) is 19.4 Å². The number of ether oxygens (including phenoxy) is 2. The lowest BCUT2D eigenvalue weighted by molar-refractivity contribution is -0.00818. The van der Waals surface area contributed by atoms with E-state index in [2.05, 4.69) is 4.90 Å². The average molecular weight is 228 g/mol. The maximum atomic E-state index is 5.87. The molecule has 2 aliphatic rings. The summed E-state index contributed by atoms with van der Waals surface area (Å²) in [6, 6.07) is 0. The molecule has 0 spiro atoms. The number of rotatable bonds is 4. The first kappa shape index (κ1) is 12.3. The highest BCUT2D eigenvalue weighted by Gasteiger charge is 2.28. The Morgan fingerprint density at radius 2 is 2.12 bits per heavy atom. The molecule has 0 amide bonds. The van der Waals surface area contributed by atoms with E-state index in [9.17, 15) is 0 Å². The van der Waals surface area contributed by atoms with E-state index < -0.39 is 0 Å². The van der Waals surface area contributed by atoms with E-state index in [4.69, 9.17) is 15.2 Å². The number of piperidine rings is 1. The second kappa shape index (κ2) is 5.96. The molecule has 2 aliphatic heterocycles. The van der Waals surface area contributed by atoms with Gasteiger partial charge in [0.2, 0.25) is 0 Å². The summed E-state index contributed by atoms with van der Waals surface area (Å²) in [6.45, 7) is 3.96. The molecule has 2 heterocycles. The van der Waals surface area contributed by atoms with Gasteiger partial charge in [-0.05, 0) is 32.2 Å². The van der Waals surface area contributed by atoms with Crippen molar-refractivity contribution in [3.8, 4) is 0 Å². The van der Waals surface area contributed by atoms with Crippen molar-refractivity contribution >= 4 is 0 Å². The molecular formula is C12H24N2O2. The molecule has 94 valence electrons. The molecule has 0 radical (unpaired) electrons. The van der Waals surface area contributed by atoms with Gasteiger partial charge >= 0.3 is 0 Å². The molecule has 4 heteroatoms. The van der Waals surface area contributed by atoms with Crippen LogP contribution >= 0.6 is 0 Å². The van der Waals surface area contributed by atoms with E-state index in [1.54, 1.807) is 0 Å². The van der Waals surface area contributed by atoms with Gasteiger partial charge in [-0.25, -0.2) is 0 Å². The highest BCUT2D eigenvalue weighted by Crippen LogP contribution is 2.21. The Bertz CT molecular complexity index is 213. The molecule has 16 heavy (non-hydrogen) atoms. The summed E-state index contributed by atoms with van der Waals surface area (Å²) in [5.74, 6) is 0. The minimum absolute atomic E-state index is 0.299. The third-order valence-corrected chi connectivity index (χ3v) is 3.72. The minimum Gasteiger partial charge on any atom is -0.380 e. The van der Waals surface area contributed by atoms with Crippen molar-refractivity contribution < 1.29 is 9.47 Å². The maximum Gasteiger partial charge on any atom is 0.0707 e. The van der Waals surface area contributed by atoms with Gasteiger partial charge in [0, 0.05) is 26.7 Å². The molecular weight excluding hydrogens is 204 g/mol. The molecule has 0 aromatic carbocycles. The molecule has 3 unspecified atom stereocenters. The summed E-state index contributed by atoms with van der Waals surface area (Å²) in [5.41, 5.74) is 5.61. The first-order valence-electron chi connectivity index (χ1n) is 6.42. The van der Waals surface area contributed by atoms with Gasteiger partial charge in [0.05, 0.1) is 18.3 Å². The standard InChI is InChI=1S/C12H24N2O2/c1-15-11-3-2-6-14(8-11)9-12-5-4-10(7-13)16-12/h10-12H,2-9,13H2,1H3. The van der Waals surface area contributed by atoms with Gasteiger partial charge < -0.3 is 15.2 Å². The molecule has 0 aromatic heterocycles. The fourth-order valence-corrected chi connectivity index (χ4v) is 2.75. The van der Waals surface area contributed by atoms with E-state index >= 15 is 0 Å². The first-order valence-corrected chi connectivity index (χ1v) is 6.42. The van der Waals surface area contributed by atoms with Crippen LogP contribution in [-0.4, -0.2) is 56.5 Å². The largest absolute Gasteiger partial charge is 0.380 e. The van der Waals surface area contributed by atoms with Crippen LogP contribution in [0.15, 0.2) is 0 Å². The van der Waals surface area contributed by atoms with Crippen LogP contribution in [0.2, 0.25) is 0 Å². The zero-order valence-corrected chi connectivity index (χ0v) is 10.2. The quantitative estimate of drug-likeness (QED) is 0.765. The smallest absolute Gasteiger partial charge is 0.0707 e. The van der Waals surface area contributed by atoms with Crippen LogP contribution in [0.25, 0.3) is 0 Å². The Hall–Kier alpha value is -0.160. The molecule has 0 saturated carbocycles. The van der Waals surface area contributed by atoms with Gasteiger partial charge in [-0.15, -0.1) is 0 Å². The Balaban J connectivity index is 1.73. The fourth-order valence-electron chi connectivity index (χ4n) is 2.75. The molecule has 3 atom stereocenters. The van der Waals surface area contributed by atoms with Gasteiger partial charge in [0.25, 0.3) is 0 Å². The molecule has 0 aromatic rings. The third kappa shape index (κ3) is 3.17. The van der Waals surface area contributed by atoms with Crippen molar-refractivity contribution in [1.82, 2.24) is 4.90 Å². The Morgan fingerprint density at radius 3 is 2.81 bits per heavy atom. The van der Waals surface area contributed by atoms with Crippen LogP contribution < -0.4 is 5.73 Å². The topological polar surface area (TPSA) is 47.7 Å². The normalized spacial score (nSPS) is 36.8. The zero-order chi connectivity index (χ0) is 11.4. The van der Waals surface area contributed by atoms with E-state index in [0.29, 0.717) is 24.9 Å². The lowest BCUT2D eigenvalue weighted by Crippen LogP contribution is -2.43. The predicted octanol–water partition coefficient (Wildman–Crippen LogP) is 0.604. The molecule has 2 rings (SSSR count). The molecule has 4 nitrogen and oxygen atoms in total. The lowest BCUT2D eigenvalue weighted by atomic mass is 10.1. The number of nitrogens with two attached hydrogens (primary N) is 1. The minimum atomic E-state index is 0.299. The number of likely N-dealkylation sites (tertiary alicyclic amines) is 1. The van der Waals surface area contributed by atoms with Crippen LogP contribution in [0.1, 0.15) is 25.7 Å². The molecule has 2 fully saturated rings. The van der Waals surface area contributed by atoms with Crippen LogP contribution in [0, 0.1) is 0 Å².